The molecule has 0 spiro atoms. The Morgan fingerprint density at radius 1 is 1.24 bits per heavy atom. The van der Waals surface area contributed by atoms with Crippen LogP contribution in [0.3, 0.4) is 0 Å². The Morgan fingerprint density at radius 2 is 2.04 bits per heavy atom. The molecule has 6 nitrogen and oxygen atoms in total. The molecule has 0 unspecified atom stereocenters. The zero-order chi connectivity index (χ0) is 17.6. The van der Waals surface area contributed by atoms with Crippen molar-refractivity contribution in [1.29, 1.82) is 0 Å². The van der Waals surface area contributed by atoms with Gasteiger partial charge in [0.1, 0.15) is 0 Å². The van der Waals surface area contributed by atoms with Gasteiger partial charge in [-0.15, -0.1) is 10.2 Å². The molecule has 1 aromatic carbocycles. The highest BCUT2D eigenvalue weighted by atomic mass is 32.2. The Balaban J connectivity index is 1.54. The fraction of sp³-hybridized carbons (Fsp3) is 0.278. The molecule has 25 heavy (non-hydrogen) atoms. The van der Waals surface area contributed by atoms with E-state index in [-0.39, 0.29) is 17.7 Å². The van der Waals surface area contributed by atoms with Crippen molar-refractivity contribution in [3.05, 3.63) is 53.8 Å². The van der Waals surface area contributed by atoms with Crippen molar-refractivity contribution in [2.24, 2.45) is 0 Å². The predicted molar refractivity (Wildman–Crippen MR) is 95.1 cm³/mol. The molecule has 0 saturated carbocycles. The third-order valence-electron chi connectivity index (χ3n) is 3.69. The number of aromatic nitrogens is 2. The molecule has 7 heteroatoms. The average molecular weight is 357 g/mol. The molecule has 1 N–H and O–H groups in total. The normalized spacial score (nSPS) is 12.1. The highest BCUT2D eigenvalue weighted by molar-refractivity contribution is 7.99. The van der Waals surface area contributed by atoms with E-state index in [1.54, 1.807) is 12.1 Å². The first kappa shape index (κ1) is 17.3. The largest absolute Gasteiger partial charge is 0.459 e. The van der Waals surface area contributed by atoms with Gasteiger partial charge in [-0.1, -0.05) is 48.5 Å². The van der Waals surface area contributed by atoms with Crippen LogP contribution in [0.15, 0.2) is 56.7 Å². The molecule has 0 aliphatic rings. The monoisotopic (exact) mass is 357 g/mol. The number of benzene rings is 1. The summed E-state index contributed by atoms with van der Waals surface area (Å²) in [5, 5.41) is 11.2. The summed E-state index contributed by atoms with van der Waals surface area (Å²) < 4.78 is 10.7. The number of aryl methyl sites for hydroxylation is 1. The van der Waals surface area contributed by atoms with Crippen molar-refractivity contribution >= 4 is 17.7 Å². The van der Waals surface area contributed by atoms with E-state index in [9.17, 15) is 4.79 Å². The van der Waals surface area contributed by atoms with Crippen molar-refractivity contribution in [3.8, 4) is 11.7 Å². The Labute approximate surface area is 150 Å². The number of nitrogens with one attached hydrogen (secondary N) is 1. The number of carbonyl (C=O) groups is 1. The molecule has 2 heterocycles. The topological polar surface area (TPSA) is 81.2 Å². The summed E-state index contributed by atoms with van der Waals surface area (Å²) in [7, 11) is 0. The number of carbonyl (C=O) groups excluding carboxylic acids is 1. The van der Waals surface area contributed by atoms with Crippen LogP contribution in [-0.4, -0.2) is 21.9 Å². The zero-order valence-electron chi connectivity index (χ0n) is 14.1. The fourth-order valence-electron chi connectivity index (χ4n) is 2.35. The first-order valence-corrected chi connectivity index (χ1v) is 9.00. The molecule has 130 valence electrons. The van der Waals surface area contributed by atoms with Crippen LogP contribution in [0.2, 0.25) is 0 Å². The number of nitrogens with zero attached hydrogens (tertiary/aromatic N) is 2. The second-order valence-corrected chi connectivity index (χ2v) is 6.50. The van der Waals surface area contributed by atoms with Crippen molar-refractivity contribution in [2.45, 2.75) is 31.5 Å². The number of furan rings is 1. The van der Waals surface area contributed by atoms with Gasteiger partial charge in [0.15, 0.2) is 5.76 Å². The quantitative estimate of drug-likeness (QED) is 0.644. The molecule has 0 aliphatic carbocycles. The minimum absolute atomic E-state index is 0.00457. The maximum Gasteiger partial charge on any atom is 0.284 e. The van der Waals surface area contributed by atoms with Crippen LogP contribution in [-0.2, 0) is 4.79 Å². The standard InChI is InChI=1S/C18H19N3O3S/c1-3-14(13-8-6-12(2)7-9-13)19-16(22)11-25-18-21-20-17(24-18)15-5-4-10-23-15/h4-10,14H,3,11H2,1-2H3,(H,19,22)/t14-/m1/s1. The van der Waals surface area contributed by atoms with Crippen molar-refractivity contribution in [3.63, 3.8) is 0 Å². The molecule has 0 bridgehead atoms. The van der Waals surface area contributed by atoms with Gasteiger partial charge in [-0.2, -0.15) is 0 Å². The summed E-state index contributed by atoms with van der Waals surface area (Å²) in [6.45, 7) is 4.09. The number of thioether (sulfide) groups is 1. The molecule has 0 aliphatic heterocycles. The molecule has 0 fully saturated rings. The van der Waals surface area contributed by atoms with Crippen LogP contribution >= 0.6 is 11.8 Å². The Morgan fingerprint density at radius 3 is 2.72 bits per heavy atom. The van der Waals surface area contributed by atoms with Gasteiger partial charge in [-0.3, -0.25) is 4.79 Å². The van der Waals surface area contributed by atoms with E-state index in [2.05, 4.69) is 15.5 Å². The predicted octanol–water partition coefficient (Wildman–Crippen LogP) is 4.00. The molecule has 1 amide bonds. The average Bonchev–Trinajstić information content (AvgIpc) is 3.30. The van der Waals surface area contributed by atoms with Crippen LogP contribution in [0, 0.1) is 6.92 Å². The van der Waals surface area contributed by atoms with Crippen LogP contribution in [0.25, 0.3) is 11.7 Å². The second-order valence-electron chi connectivity index (χ2n) is 5.58. The molecular formula is C18H19N3O3S. The summed E-state index contributed by atoms with van der Waals surface area (Å²) in [6, 6.07) is 11.7. The van der Waals surface area contributed by atoms with E-state index in [0.29, 0.717) is 16.9 Å². The third kappa shape index (κ3) is 4.51. The van der Waals surface area contributed by atoms with E-state index in [4.69, 9.17) is 8.83 Å². The summed E-state index contributed by atoms with van der Waals surface area (Å²) in [4.78, 5) is 12.2. The van der Waals surface area contributed by atoms with Gasteiger partial charge < -0.3 is 14.2 Å². The van der Waals surface area contributed by atoms with Gasteiger partial charge >= 0.3 is 0 Å². The summed E-state index contributed by atoms with van der Waals surface area (Å²) in [5.41, 5.74) is 2.30. The van der Waals surface area contributed by atoms with Crippen LogP contribution < -0.4 is 5.32 Å². The molecule has 1 atom stereocenters. The number of hydrogen-bond acceptors (Lipinski definition) is 6. The van der Waals surface area contributed by atoms with Gasteiger partial charge in [0, 0.05) is 0 Å². The van der Waals surface area contributed by atoms with Crippen LogP contribution in [0.5, 0.6) is 0 Å². The van der Waals surface area contributed by atoms with Gasteiger partial charge in [0.2, 0.25) is 5.91 Å². The molecule has 2 aromatic heterocycles. The number of hydrogen-bond donors (Lipinski definition) is 1. The molecule has 0 radical (unpaired) electrons. The second kappa shape index (κ2) is 8.02. The van der Waals surface area contributed by atoms with Gasteiger partial charge in [0.25, 0.3) is 11.1 Å². The molecular weight excluding hydrogens is 338 g/mol. The van der Waals surface area contributed by atoms with Gasteiger partial charge in [-0.25, -0.2) is 0 Å². The highest BCUT2D eigenvalue weighted by Crippen LogP contribution is 2.23. The van der Waals surface area contributed by atoms with Crippen LogP contribution in [0.1, 0.15) is 30.5 Å². The lowest BCUT2D eigenvalue weighted by Crippen LogP contribution is -2.29. The van der Waals surface area contributed by atoms with Crippen molar-refractivity contribution in [2.75, 3.05) is 5.75 Å². The van der Waals surface area contributed by atoms with E-state index < -0.39 is 0 Å². The first-order valence-electron chi connectivity index (χ1n) is 8.02. The summed E-state index contributed by atoms with van der Waals surface area (Å²) >= 11 is 1.20. The minimum atomic E-state index is -0.0739. The smallest absolute Gasteiger partial charge is 0.284 e. The van der Waals surface area contributed by atoms with Crippen molar-refractivity contribution < 1.29 is 13.6 Å². The van der Waals surface area contributed by atoms with Crippen LogP contribution in [0.4, 0.5) is 0 Å². The molecule has 0 saturated heterocycles. The lowest BCUT2D eigenvalue weighted by Gasteiger charge is -2.17. The molecule has 3 rings (SSSR count). The lowest BCUT2D eigenvalue weighted by atomic mass is 10.0. The fourth-order valence-corrected chi connectivity index (χ4v) is 2.93. The van der Waals surface area contributed by atoms with E-state index in [0.717, 1.165) is 12.0 Å². The lowest BCUT2D eigenvalue weighted by molar-refractivity contribution is -0.119. The highest BCUT2D eigenvalue weighted by Gasteiger charge is 2.15. The Hall–Kier alpha value is -2.54. The Kier molecular flexibility index (Phi) is 5.55. The zero-order valence-corrected chi connectivity index (χ0v) is 14.9. The number of amides is 1. The summed E-state index contributed by atoms with van der Waals surface area (Å²) in [5.74, 6) is 0.950. The maximum absolute atomic E-state index is 12.2. The third-order valence-corrected chi connectivity index (χ3v) is 4.51. The Bertz CT molecular complexity index is 812. The summed E-state index contributed by atoms with van der Waals surface area (Å²) in [6.07, 6.45) is 2.36. The first-order chi connectivity index (χ1) is 12.2. The number of rotatable bonds is 7. The SMILES string of the molecule is CC[C@@H](NC(=O)CSc1nnc(-c2ccco2)o1)c1ccc(C)cc1. The van der Waals surface area contributed by atoms with E-state index >= 15 is 0 Å². The van der Waals surface area contributed by atoms with E-state index in [1.165, 1.54) is 23.6 Å². The van der Waals surface area contributed by atoms with Crippen molar-refractivity contribution in [1.82, 2.24) is 15.5 Å². The van der Waals surface area contributed by atoms with E-state index in [1.807, 2.05) is 38.1 Å². The van der Waals surface area contributed by atoms with Gasteiger partial charge in [-0.05, 0) is 31.0 Å². The van der Waals surface area contributed by atoms with Gasteiger partial charge in [0.05, 0.1) is 18.1 Å². The maximum atomic E-state index is 12.2. The minimum Gasteiger partial charge on any atom is -0.459 e. The molecule has 3 aromatic rings.